The minimum atomic E-state index is -0.169. The lowest BCUT2D eigenvalue weighted by Crippen LogP contribution is -2.38. The van der Waals surface area contributed by atoms with Gasteiger partial charge in [-0.05, 0) is 29.4 Å². The molecule has 2 rings (SSSR count). The van der Waals surface area contributed by atoms with Gasteiger partial charge in [-0.3, -0.25) is 9.69 Å². The summed E-state index contributed by atoms with van der Waals surface area (Å²) >= 11 is 0. The highest BCUT2D eigenvalue weighted by Crippen LogP contribution is 2.23. The van der Waals surface area contributed by atoms with E-state index in [1.54, 1.807) is 0 Å². The molecule has 0 amide bonds. The van der Waals surface area contributed by atoms with Crippen molar-refractivity contribution < 1.29 is 9.53 Å². The number of esters is 1. The maximum atomic E-state index is 11.5. The summed E-state index contributed by atoms with van der Waals surface area (Å²) in [5.41, 5.74) is 2.34. The maximum Gasteiger partial charge on any atom is 0.309 e. The normalized spacial score (nSPS) is 23.6. The van der Waals surface area contributed by atoms with Crippen molar-refractivity contribution >= 4 is 5.97 Å². The fraction of sp³-hybridized carbons (Fsp3) is 0.588. The molecule has 20 heavy (non-hydrogen) atoms. The van der Waals surface area contributed by atoms with Crippen molar-refractivity contribution in [1.29, 1.82) is 0 Å². The molecule has 1 aliphatic heterocycles. The van der Waals surface area contributed by atoms with Gasteiger partial charge in [-0.2, -0.15) is 0 Å². The number of hydrogen-bond acceptors (Lipinski definition) is 3. The van der Waals surface area contributed by atoms with Crippen LogP contribution in [-0.4, -0.2) is 31.1 Å². The summed E-state index contributed by atoms with van der Waals surface area (Å²) in [5.74, 6) is 1.34. The molecule has 110 valence electrons. The van der Waals surface area contributed by atoms with Gasteiger partial charge in [-0.1, -0.05) is 38.1 Å². The van der Waals surface area contributed by atoms with Crippen molar-refractivity contribution in [3.05, 3.63) is 35.4 Å². The van der Waals surface area contributed by atoms with E-state index < -0.39 is 0 Å². The molecule has 3 nitrogen and oxygen atoms in total. The van der Waals surface area contributed by atoms with E-state index in [1.165, 1.54) is 19.1 Å². The summed E-state index contributed by atoms with van der Waals surface area (Å²) < 4.78 is 4.78. The Kier molecular flexibility index (Phi) is 5.18. The second-order valence-electron chi connectivity index (χ2n) is 6.16. The zero-order chi connectivity index (χ0) is 14.5. The van der Waals surface area contributed by atoms with Crippen LogP contribution < -0.4 is 0 Å². The molecule has 1 saturated heterocycles. The third-order valence-corrected chi connectivity index (χ3v) is 4.02. The molecule has 0 saturated carbocycles. The van der Waals surface area contributed by atoms with Crippen LogP contribution in [0.15, 0.2) is 24.3 Å². The molecule has 0 N–H and O–H groups in total. The minimum Gasteiger partial charge on any atom is -0.469 e. The topological polar surface area (TPSA) is 29.5 Å². The van der Waals surface area contributed by atoms with Gasteiger partial charge in [0.15, 0.2) is 0 Å². The number of hydrogen-bond donors (Lipinski definition) is 0. The van der Waals surface area contributed by atoms with Gasteiger partial charge >= 0.3 is 5.97 Å². The van der Waals surface area contributed by atoms with Crippen LogP contribution in [0, 0.1) is 11.8 Å². The number of likely N-dealkylation sites (tertiary alicyclic amines) is 1. The fourth-order valence-corrected chi connectivity index (χ4v) is 3.27. The second kappa shape index (κ2) is 6.89. The Morgan fingerprint density at radius 1 is 1.20 bits per heavy atom. The molecule has 0 aliphatic carbocycles. The Hall–Kier alpha value is -1.35. The van der Waals surface area contributed by atoms with Gasteiger partial charge in [-0.25, -0.2) is 0 Å². The van der Waals surface area contributed by atoms with Crippen LogP contribution in [0.1, 0.15) is 31.4 Å². The number of nitrogens with zero attached hydrogens (tertiary/aromatic N) is 1. The number of rotatable bonds is 4. The standard InChI is InChI=1S/C17H25NO2/c1-13-8-14(2)11-18(10-13)12-16-7-5-4-6-15(16)9-17(19)20-3/h4-7,13-14H,8-12H2,1-3H3. The van der Waals surface area contributed by atoms with Crippen molar-refractivity contribution in [2.45, 2.75) is 33.2 Å². The van der Waals surface area contributed by atoms with Crippen molar-refractivity contribution in [3.8, 4) is 0 Å². The molecule has 2 unspecified atom stereocenters. The van der Waals surface area contributed by atoms with Gasteiger partial charge in [0.05, 0.1) is 13.5 Å². The molecule has 0 aromatic heterocycles. The maximum absolute atomic E-state index is 11.5. The van der Waals surface area contributed by atoms with Crippen LogP contribution >= 0.6 is 0 Å². The van der Waals surface area contributed by atoms with Crippen molar-refractivity contribution in [1.82, 2.24) is 4.90 Å². The quantitative estimate of drug-likeness (QED) is 0.791. The number of benzene rings is 1. The van der Waals surface area contributed by atoms with Crippen molar-refractivity contribution in [2.24, 2.45) is 11.8 Å². The van der Waals surface area contributed by atoms with E-state index in [1.807, 2.05) is 18.2 Å². The summed E-state index contributed by atoms with van der Waals surface area (Å²) in [6.07, 6.45) is 1.69. The van der Waals surface area contributed by atoms with Crippen LogP contribution in [0.2, 0.25) is 0 Å². The predicted octanol–water partition coefficient (Wildman–Crippen LogP) is 2.88. The summed E-state index contributed by atoms with van der Waals surface area (Å²) in [7, 11) is 1.44. The number of carbonyl (C=O) groups excluding carboxylic acids is 1. The molecule has 1 fully saturated rings. The molecule has 0 radical (unpaired) electrons. The molecule has 3 heteroatoms. The van der Waals surface area contributed by atoms with Crippen LogP contribution in [0.5, 0.6) is 0 Å². The van der Waals surface area contributed by atoms with Gasteiger partial charge in [0.25, 0.3) is 0 Å². The monoisotopic (exact) mass is 275 g/mol. The number of methoxy groups -OCH3 is 1. The highest BCUT2D eigenvalue weighted by Gasteiger charge is 2.22. The Morgan fingerprint density at radius 2 is 1.80 bits per heavy atom. The van der Waals surface area contributed by atoms with E-state index >= 15 is 0 Å². The molecule has 2 atom stereocenters. The van der Waals surface area contributed by atoms with Crippen LogP contribution in [-0.2, 0) is 22.5 Å². The van der Waals surface area contributed by atoms with Gasteiger partial charge in [0.2, 0.25) is 0 Å². The summed E-state index contributed by atoms with van der Waals surface area (Å²) in [6.45, 7) is 7.88. The first-order valence-corrected chi connectivity index (χ1v) is 7.44. The van der Waals surface area contributed by atoms with E-state index in [4.69, 9.17) is 4.74 Å². The van der Waals surface area contributed by atoms with Crippen LogP contribution in [0.3, 0.4) is 0 Å². The second-order valence-corrected chi connectivity index (χ2v) is 6.16. The zero-order valence-electron chi connectivity index (χ0n) is 12.8. The zero-order valence-corrected chi connectivity index (χ0v) is 12.8. The molecule has 1 aromatic carbocycles. The van der Waals surface area contributed by atoms with E-state index in [0.29, 0.717) is 6.42 Å². The van der Waals surface area contributed by atoms with E-state index in [0.717, 1.165) is 37.0 Å². The van der Waals surface area contributed by atoms with Gasteiger partial charge in [0.1, 0.15) is 0 Å². The predicted molar refractivity (Wildman–Crippen MR) is 80.4 cm³/mol. The Labute approximate surface area is 121 Å². The van der Waals surface area contributed by atoms with Crippen molar-refractivity contribution in [2.75, 3.05) is 20.2 Å². The highest BCUT2D eigenvalue weighted by atomic mass is 16.5. The Bertz CT molecular complexity index is 448. The SMILES string of the molecule is COC(=O)Cc1ccccc1CN1CC(C)CC(C)C1. The van der Waals surface area contributed by atoms with Gasteiger partial charge < -0.3 is 4.74 Å². The third kappa shape index (κ3) is 4.07. The minimum absolute atomic E-state index is 0.169. The fourth-order valence-electron chi connectivity index (χ4n) is 3.27. The Morgan fingerprint density at radius 3 is 2.40 bits per heavy atom. The lowest BCUT2D eigenvalue weighted by Gasteiger charge is -2.35. The molecule has 1 aromatic rings. The molecular weight excluding hydrogens is 250 g/mol. The summed E-state index contributed by atoms with van der Waals surface area (Å²) in [4.78, 5) is 14.0. The average molecular weight is 275 g/mol. The summed E-state index contributed by atoms with van der Waals surface area (Å²) in [5, 5.41) is 0. The van der Waals surface area contributed by atoms with E-state index in [2.05, 4.69) is 24.8 Å². The van der Waals surface area contributed by atoms with E-state index in [9.17, 15) is 4.79 Å². The number of ether oxygens (including phenoxy) is 1. The summed E-state index contributed by atoms with van der Waals surface area (Å²) in [6, 6.07) is 8.20. The molecular formula is C17H25NO2. The van der Waals surface area contributed by atoms with Crippen LogP contribution in [0.25, 0.3) is 0 Å². The number of carbonyl (C=O) groups is 1. The first-order chi connectivity index (χ1) is 9.58. The smallest absolute Gasteiger partial charge is 0.309 e. The van der Waals surface area contributed by atoms with Gasteiger partial charge in [0, 0.05) is 19.6 Å². The molecule has 0 bridgehead atoms. The first kappa shape index (κ1) is 15.0. The third-order valence-electron chi connectivity index (χ3n) is 4.02. The van der Waals surface area contributed by atoms with Crippen LogP contribution in [0.4, 0.5) is 0 Å². The lowest BCUT2D eigenvalue weighted by molar-refractivity contribution is -0.139. The van der Waals surface area contributed by atoms with E-state index in [-0.39, 0.29) is 5.97 Å². The van der Waals surface area contributed by atoms with Gasteiger partial charge in [-0.15, -0.1) is 0 Å². The Balaban J connectivity index is 2.06. The largest absolute Gasteiger partial charge is 0.469 e. The number of piperidine rings is 1. The first-order valence-electron chi connectivity index (χ1n) is 7.44. The molecule has 0 spiro atoms. The average Bonchev–Trinajstić information content (AvgIpc) is 2.39. The lowest BCUT2D eigenvalue weighted by atomic mass is 9.91. The molecule has 1 aliphatic rings. The molecule has 1 heterocycles. The van der Waals surface area contributed by atoms with Crippen molar-refractivity contribution in [3.63, 3.8) is 0 Å². The highest BCUT2D eigenvalue weighted by molar-refractivity contribution is 5.72.